The van der Waals surface area contributed by atoms with Gasteiger partial charge in [-0.1, -0.05) is 19.4 Å². The van der Waals surface area contributed by atoms with Crippen LogP contribution in [-0.4, -0.2) is 22.9 Å². The van der Waals surface area contributed by atoms with E-state index in [-0.39, 0.29) is 17.0 Å². The molecular weight excluding hydrogens is 236 g/mol. The minimum absolute atomic E-state index is 0.178. The Morgan fingerprint density at radius 1 is 1.47 bits per heavy atom. The van der Waals surface area contributed by atoms with E-state index in [1.807, 2.05) is 13.0 Å². The Balaban J connectivity index is 2.69. The van der Waals surface area contributed by atoms with E-state index in [4.69, 9.17) is 4.74 Å². The second-order valence-electron chi connectivity index (χ2n) is 3.64. The molecule has 0 saturated heterocycles. The lowest BCUT2D eigenvalue weighted by molar-refractivity contribution is -0.142. The highest BCUT2D eigenvalue weighted by Gasteiger charge is 2.20. The fraction of sp³-hybridized carbons (Fsp3) is 0.462. The van der Waals surface area contributed by atoms with Gasteiger partial charge in [0.25, 0.3) is 0 Å². The fourth-order valence-electron chi connectivity index (χ4n) is 1.44. The average Bonchev–Trinajstić information content (AvgIpc) is 2.29. The van der Waals surface area contributed by atoms with Crippen molar-refractivity contribution in [2.75, 3.05) is 6.61 Å². The zero-order chi connectivity index (χ0) is 12.7. The van der Waals surface area contributed by atoms with Crippen LogP contribution in [0.2, 0.25) is 0 Å². The number of phenolic OH excluding ortho intramolecular Hbond substituents is 1. The van der Waals surface area contributed by atoms with E-state index in [0.717, 1.165) is 17.7 Å². The van der Waals surface area contributed by atoms with Gasteiger partial charge in [0.05, 0.1) is 6.61 Å². The van der Waals surface area contributed by atoms with Crippen molar-refractivity contribution in [3.05, 3.63) is 24.3 Å². The zero-order valence-corrected chi connectivity index (χ0v) is 11.0. The number of rotatable bonds is 6. The number of ether oxygens (including phenoxy) is 1. The van der Waals surface area contributed by atoms with Crippen molar-refractivity contribution in [2.24, 2.45) is 0 Å². The number of thioether (sulfide) groups is 1. The van der Waals surface area contributed by atoms with Gasteiger partial charge in [0, 0.05) is 4.90 Å². The lowest BCUT2D eigenvalue weighted by atomic mass is 10.2. The van der Waals surface area contributed by atoms with Gasteiger partial charge in [0.2, 0.25) is 0 Å². The quantitative estimate of drug-likeness (QED) is 0.625. The summed E-state index contributed by atoms with van der Waals surface area (Å²) in [6, 6.07) is 6.92. The molecule has 17 heavy (non-hydrogen) atoms. The number of benzene rings is 1. The van der Waals surface area contributed by atoms with Crippen molar-refractivity contribution in [1.29, 1.82) is 0 Å². The molecule has 0 bridgehead atoms. The molecule has 0 aromatic heterocycles. The maximum absolute atomic E-state index is 11.7. The summed E-state index contributed by atoms with van der Waals surface area (Å²) in [6.45, 7) is 4.24. The van der Waals surface area contributed by atoms with E-state index < -0.39 is 0 Å². The first kappa shape index (κ1) is 13.9. The molecule has 1 atom stereocenters. The summed E-state index contributed by atoms with van der Waals surface area (Å²) >= 11 is 1.44. The molecule has 3 nitrogen and oxygen atoms in total. The minimum atomic E-state index is -0.193. The second kappa shape index (κ2) is 7.22. The van der Waals surface area contributed by atoms with Crippen molar-refractivity contribution >= 4 is 17.7 Å². The predicted octanol–water partition coefficient (Wildman–Crippen LogP) is 3.22. The lowest BCUT2D eigenvalue weighted by Gasteiger charge is -2.14. The zero-order valence-electron chi connectivity index (χ0n) is 10.2. The Morgan fingerprint density at radius 2 is 2.24 bits per heavy atom. The summed E-state index contributed by atoms with van der Waals surface area (Å²) in [5.41, 5.74) is 0. The van der Waals surface area contributed by atoms with Crippen molar-refractivity contribution in [2.45, 2.75) is 36.8 Å². The number of aromatic hydroxyl groups is 1. The Labute approximate surface area is 106 Å². The van der Waals surface area contributed by atoms with Gasteiger partial charge in [-0.05, 0) is 31.5 Å². The molecule has 0 aliphatic carbocycles. The number of phenols is 1. The van der Waals surface area contributed by atoms with E-state index in [1.54, 1.807) is 25.1 Å². The van der Waals surface area contributed by atoms with Crippen LogP contribution in [0.15, 0.2) is 29.2 Å². The first-order valence-corrected chi connectivity index (χ1v) is 6.67. The fourth-order valence-corrected chi connectivity index (χ4v) is 2.64. The molecule has 4 heteroatoms. The molecule has 0 radical (unpaired) electrons. The van der Waals surface area contributed by atoms with E-state index in [1.165, 1.54) is 11.8 Å². The van der Waals surface area contributed by atoms with Crippen molar-refractivity contribution < 1.29 is 14.6 Å². The summed E-state index contributed by atoms with van der Waals surface area (Å²) < 4.78 is 5.04. The highest BCUT2D eigenvalue weighted by molar-refractivity contribution is 8.00. The van der Waals surface area contributed by atoms with Gasteiger partial charge >= 0.3 is 5.97 Å². The molecule has 0 fully saturated rings. The molecule has 94 valence electrons. The Morgan fingerprint density at radius 3 is 2.82 bits per heavy atom. The first-order valence-electron chi connectivity index (χ1n) is 5.79. The Hall–Kier alpha value is -1.16. The molecule has 0 saturated carbocycles. The summed E-state index contributed by atoms with van der Waals surface area (Å²) in [4.78, 5) is 12.6. The van der Waals surface area contributed by atoms with Gasteiger partial charge in [-0.2, -0.15) is 0 Å². The van der Waals surface area contributed by atoms with Crippen molar-refractivity contribution in [1.82, 2.24) is 0 Å². The lowest BCUT2D eigenvalue weighted by Crippen LogP contribution is -2.20. The van der Waals surface area contributed by atoms with Gasteiger partial charge in [-0.3, -0.25) is 4.79 Å². The molecule has 0 spiro atoms. The normalized spacial score (nSPS) is 12.1. The van der Waals surface area contributed by atoms with Gasteiger partial charge in [0.1, 0.15) is 11.0 Å². The monoisotopic (exact) mass is 254 g/mol. The second-order valence-corrected chi connectivity index (χ2v) is 4.92. The van der Waals surface area contributed by atoms with Crippen LogP contribution in [0.1, 0.15) is 26.7 Å². The van der Waals surface area contributed by atoms with E-state index in [9.17, 15) is 9.90 Å². The summed E-state index contributed by atoms with van der Waals surface area (Å²) in [6.07, 6.45) is 1.70. The molecule has 0 aliphatic rings. The van der Waals surface area contributed by atoms with E-state index in [2.05, 4.69) is 0 Å². The topological polar surface area (TPSA) is 46.5 Å². The van der Waals surface area contributed by atoms with Crippen LogP contribution in [0.3, 0.4) is 0 Å². The number of carbonyl (C=O) groups excluding carboxylic acids is 1. The van der Waals surface area contributed by atoms with E-state index in [0.29, 0.717) is 6.61 Å². The van der Waals surface area contributed by atoms with Gasteiger partial charge < -0.3 is 9.84 Å². The number of hydrogen-bond donors (Lipinski definition) is 1. The highest BCUT2D eigenvalue weighted by atomic mass is 32.2. The molecule has 1 aromatic carbocycles. The molecule has 0 heterocycles. The highest BCUT2D eigenvalue weighted by Crippen LogP contribution is 2.29. The third-order valence-corrected chi connectivity index (χ3v) is 3.44. The maximum atomic E-state index is 11.7. The molecule has 1 aromatic rings. The molecule has 1 unspecified atom stereocenters. The van der Waals surface area contributed by atoms with Crippen molar-refractivity contribution in [3.8, 4) is 5.75 Å². The van der Waals surface area contributed by atoms with Crippen LogP contribution in [-0.2, 0) is 9.53 Å². The van der Waals surface area contributed by atoms with E-state index >= 15 is 0 Å². The molecule has 0 amide bonds. The summed E-state index contributed by atoms with van der Waals surface area (Å²) in [7, 11) is 0. The van der Waals surface area contributed by atoms with Crippen LogP contribution in [0, 0.1) is 0 Å². The maximum Gasteiger partial charge on any atom is 0.319 e. The number of hydrogen-bond acceptors (Lipinski definition) is 4. The van der Waals surface area contributed by atoms with Crippen molar-refractivity contribution in [3.63, 3.8) is 0 Å². The van der Waals surface area contributed by atoms with Gasteiger partial charge in [-0.15, -0.1) is 11.8 Å². The van der Waals surface area contributed by atoms with Crippen LogP contribution >= 0.6 is 11.8 Å². The summed E-state index contributed by atoms with van der Waals surface area (Å²) in [5.74, 6) is 0.0387. The third kappa shape index (κ3) is 4.69. The minimum Gasteiger partial charge on any atom is -0.508 e. The van der Waals surface area contributed by atoms with Gasteiger partial charge in [-0.25, -0.2) is 0 Å². The van der Waals surface area contributed by atoms with Crippen LogP contribution in [0.25, 0.3) is 0 Å². The molecule has 1 rings (SSSR count). The smallest absolute Gasteiger partial charge is 0.319 e. The Bertz CT molecular complexity index is 365. The Kier molecular flexibility index (Phi) is 5.91. The van der Waals surface area contributed by atoms with Crippen LogP contribution in [0.5, 0.6) is 5.75 Å². The largest absolute Gasteiger partial charge is 0.508 e. The van der Waals surface area contributed by atoms with Crippen LogP contribution < -0.4 is 0 Å². The van der Waals surface area contributed by atoms with Gasteiger partial charge in [0.15, 0.2) is 0 Å². The first-order chi connectivity index (χ1) is 8.17. The number of carbonyl (C=O) groups is 1. The number of esters is 1. The predicted molar refractivity (Wildman–Crippen MR) is 69.3 cm³/mol. The average molecular weight is 254 g/mol. The van der Waals surface area contributed by atoms with Crippen LogP contribution in [0.4, 0.5) is 0 Å². The standard InChI is InChI=1S/C13H18O3S/c1-3-6-12(13(15)16-4-2)17-11-8-5-7-10(14)9-11/h5,7-9,12,14H,3-4,6H2,1-2H3. The molecule has 0 aliphatic heterocycles. The SMILES string of the molecule is CCCC(Sc1cccc(O)c1)C(=O)OCC. The third-order valence-electron chi connectivity index (χ3n) is 2.20. The molecule has 1 N–H and O–H groups in total. The molecular formula is C13H18O3S. The summed E-state index contributed by atoms with van der Waals surface area (Å²) in [5, 5.41) is 9.18.